The largest absolute Gasteiger partial charge is 0.394 e. The van der Waals surface area contributed by atoms with Crippen molar-refractivity contribution >= 4 is 26.9 Å². The molecule has 0 saturated heterocycles. The summed E-state index contributed by atoms with van der Waals surface area (Å²) in [5.41, 5.74) is 0. The molecular weight excluding hydrogens is 862 g/mol. The van der Waals surface area contributed by atoms with Gasteiger partial charge in [0.25, 0.3) is 12.9 Å². The molecule has 0 radical (unpaired) electrons. The fourth-order valence-corrected chi connectivity index (χ4v) is 11.9. The van der Waals surface area contributed by atoms with Crippen molar-refractivity contribution in [3.63, 3.8) is 0 Å². The molecule has 0 aromatic heterocycles. The molecule has 0 heterocycles. The van der Waals surface area contributed by atoms with Gasteiger partial charge in [-0.15, -0.1) is 0 Å². The van der Waals surface area contributed by atoms with Crippen molar-refractivity contribution in [1.29, 1.82) is 0 Å². The molecule has 6 atom stereocenters. The molecule has 0 aliphatic carbocycles. The van der Waals surface area contributed by atoms with Gasteiger partial charge in [0.05, 0.1) is 10.2 Å². The molecule has 0 spiro atoms. The minimum Gasteiger partial charge on any atom is -0.394 e. The Labute approximate surface area is 279 Å². The molecule has 2 nitrogen and oxygen atoms in total. The summed E-state index contributed by atoms with van der Waals surface area (Å²) in [6.07, 6.45) is -31.1. The van der Waals surface area contributed by atoms with E-state index in [1.54, 1.807) is 0 Å². The highest BCUT2D eigenvalue weighted by Gasteiger charge is 2.87. The van der Waals surface area contributed by atoms with E-state index in [0.717, 1.165) is 0 Å². The average molecular weight is 887 g/mol. The molecule has 0 aliphatic heterocycles. The number of halogens is 26. The molecule has 0 rings (SSSR count). The Hall–Kier alpha value is -1.25. The van der Waals surface area contributed by atoms with Crippen LogP contribution in [0.3, 0.4) is 0 Å². The van der Waals surface area contributed by atoms with E-state index in [9.17, 15) is 114 Å². The van der Waals surface area contributed by atoms with Gasteiger partial charge >= 0.3 is 47.4 Å². The van der Waals surface area contributed by atoms with Crippen LogP contribution in [-0.2, 0) is 8.85 Å². The van der Waals surface area contributed by atoms with Gasteiger partial charge < -0.3 is 8.85 Å². The molecule has 31 heteroatoms. The van der Waals surface area contributed by atoms with Crippen molar-refractivity contribution in [1.82, 2.24) is 0 Å². The maximum Gasteiger partial charge on any atom is 0.381 e. The number of rotatable bonds is 20. The third-order valence-electron chi connectivity index (χ3n) is 6.99. The third kappa shape index (κ3) is 8.44. The summed E-state index contributed by atoms with van der Waals surface area (Å²) in [4.78, 5) is 0. The first kappa shape index (κ1) is 50.8. The van der Waals surface area contributed by atoms with Crippen LogP contribution in [0.4, 0.5) is 114 Å². The van der Waals surface area contributed by atoms with Crippen LogP contribution in [0.15, 0.2) is 0 Å². The van der Waals surface area contributed by atoms with E-state index >= 15 is 0 Å². The lowest BCUT2D eigenvalue weighted by atomic mass is 9.94. The Kier molecular flexibility index (Phi) is 15.0. The predicted molar refractivity (Wildman–Crippen MR) is 132 cm³/mol. The predicted octanol–water partition coefficient (Wildman–Crippen LogP) is 8.80. The third-order valence-corrected chi connectivity index (χ3v) is 13.5. The molecule has 0 aromatic carbocycles. The van der Waals surface area contributed by atoms with Crippen LogP contribution in [-0.4, -0.2) is 129 Å². The van der Waals surface area contributed by atoms with Crippen molar-refractivity contribution in [2.45, 2.75) is 129 Å². The second-order valence-electron chi connectivity index (χ2n) is 11.9. The average Bonchev–Trinajstić information content (AvgIpc) is 2.96. The second-order valence-corrected chi connectivity index (χ2v) is 20.7. The molecular formula is C21H24F26O2Si3. The molecule has 0 N–H and O–H groups in total. The van der Waals surface area contributed by atoms with Gasteiger partial charge in [0.2, 0.25) is 29.0 Å². The first-order valence-electron chi connectivity index (χ1n) is 13.2. The number of hydrogen-bond acceptors (Lipinski definition) is 2. The molecule has 0 aromatic rings. The lowest BCUT2D eigenvalue weighted by Crippen LogP contribution is -2.71. The Bertz CT molecular complexity index is 1100. The fraction of sp³-hybridized carbons (Fsp3) is 1.00. The van der Waals surface area contributed by atoms with E-state index in [2.05, 4.69) is 8.85 Å². The summed E-state index contributed by atoms with van der Waals surface area (Å²) >= 11 is 0. The standard InChI is InChI=1S/C21H24F26O2Si3/c1-51(2,11(30)16(36,37)20(44,45)18(40,41)14(32,33)7(24)5(22)9(26)27)48-13(50)49-52(3,4)12(31)17(38,39)21(46,47)19(42,43)15(34,35)8(25)6(23)10(28)29/h5-13H,1-4,50H3. The Morgan fingerprint density at radius 2 is 0.577 bits per heavy atom. The van der Waals surface area contributed by atoms with E-state index in [-0.39, 0.29) is 26.2 Å². The zero-order chi connectivity index (χ0) is 42.6. The lowest BCUT2D eigenvalue weighted by molar-refractivity contribution is -0.384. The molecule has 0 amide bonds. The molecule has 6 unspecified atom stereocenters. The van der Waals surface area contributed by atoms with Crippen molar-refractivity contribution in [2.24, 2.45) is 0 Å². The van der Waals surface area contributed by atoms with Gasteiger partial charge in [-0.2, -0.15) is 70.2 Å². The normalized spacial score (nSPS) is 19.8. The number of alkyl halides is 26. The van der Waals surface area contributed by atoms with E-state index in [0.29, 0.717) is 0 Å². The van der Waals surface area contributed by atoms with Gasteiger partial charge in [-0.1, -0.05) is 0 Å². The maximum atomic E-state index is 14.8. The van der Waals surface area contributed by atoms with Crippen molar-refractivity contribution < 1.29 is 123 Å². The zero-order valence-corrected chi connectivity index (χ0v) is 29.8. The quantitative estimate of drug-likeness (QED) is 0.0692. The van der Waals surface area contributed by atoms with Crippen molar-refractivity contribution in [3.05, 3.63) is 0 Å². The van der Waals surface area contributed by atoms with Crippen molar-refractivity contribution in [2.75, 3.05) is 0 Å². The summed E-state index contributed by atoms with van der Waals surface area (Å²) < 4.78 is 365. The van der Waals surface area contributed by atoms with Gasteiger partial charge in [-0.25, -0.2) is 43.9 Å². The minimum atomic E-state index is -7.91. The Morgan fingerprint density at radius 3 is 0.769 bits per heavy atom. The number of hydrogen-bond donors (Lipinski definition) is 0. The summed E-state index contributed by atoms with van der Waals surface area (Å²) in [6, 6.07) is 0. The van der Waals surface area contributed by atoms with Crippen LogP contribution in [0.1, 0.15) is 0 Å². The van der Waals surface area contributed by atoms with Gasteiger partial charge in [-0.05, 0) is 26.2 Å². The highest BCUT2D eigenvalue weighted by Crippen LogP contribution is 2.59. The first-order chi connectivity index (χ1) is 22.4. The molecule has 0 bridgehead atoms. The van der Waals surface area contributed by atoms with Crippen LogP contribution < -0.4 is 0 Å². The van der Waals surface area contributed by atoms with Crippen LogP contribution in [0.2, 0.25) is 26.2 Å². The van der Waals surface area contributed by atoms with Crippen LogP contribution in [0, 0.1) is 0 Å². The first-order valence-corrected chi connectivity index (χ1v) is 20.4. The summed E-state index contributed by atoms with van der Waals surface area (Å²) in [7, 11) is -12.7. The van der Waals surface area contributed by atoms with E-state index in [4.69, 9.17) is 0 Å². The van der Waals surface area contributed by atoms with Crippen molar-refractivity contribution in [3.8, 4) is 0 Å². The van der Waals surface area contributed by atoms with Gasteiger partial charge in [0.1, 0.15) is 5.91 Å². The highest BCUT2D eigenvalue weighted by atomic mass is 28.4. The smallest absolute Gasteiger partial charge is 0.381 e. The Morgan fingerprint density at radius 1 is 0.385 bits per heavy atom. The maximum absolute atomic E-state index is 14.8. The summed E-state index contributed by atoms with van der Waals surface area (Å²) in [6.45, 7) is -0.181. The van der Waals surface area contributed by atoms with E-state index < -0.39 is 129 Å². The minimum absolute atomic E-state index is 0.0453. The monoisotopic (exact) mass is 886 g/mol. The molecule has 0 saturated carbocycles. The SMILES string of the molecule is C[Si](C)(OC([SiH3])O[Si](C)(C)C(F)C(F)(F)C(F)(F)C(F)(F)C(F)(F)C(F)C(F)C(F)F)C(F)C(F)(F)C(F)(F)C(F)(F)C(F)(F)C(F)C(F)C(F)F. The fourth-order valence-electron chi connectivity index (χ4n) is 4.03. The molecule has 52 heavy (non-hydrogen) atoms. The van der Waals surface area contributed by atoms with Gasteiger partial charge in [0.15, 0.2) is 23.9 Å². The summed E-state index contributed by atoms with van der Waals surface area (Å²) in [5.74, 6) is -73.5. The Balaban J connectivity index is 6.48. The van der Waals surface area contributed by atoms with Crippen LogP contribution in [0.5, 0.6) is 0 Å². The molecule has 0 aliphatic rings. The second kappa shape index (κ2) is 15.4. The summed E-state index contributed by atoms with van der Waals surface area (Å²) in [5, 5.41) is 0. The van der Waals surface area contributed by atoms with E-state index in [1.165, 1.54) is 0 Å². The lowest BCUT2D eigenvalue weighted by Gasteiger charge is -2.43. The highest BCUT2D eigenvalue weighted by molar-refractivity contribution is 6.74. The topological polar surface area (TPSA) is 18.5 Å². The molecule has 314 valence electrons. The zero-order valence-electron chi connectivity index (χ0n) is 25.8. The van der Waals surface area contributed by atoms with Gasteiger partial charge in [0, 0.05) is 0 Å². The van der Waals surface area contributed by atoms with E-state index in [1.807, 2.05) is 0 Å². The van der Waals surface area contributed by atoms with Crippen LogP contribution in [0.25, 0.3) is 0 Å². The molecule has 0 fully saturated rings. The van der Waals surface area contributed by atoms with Crippen LogP contribution >= 0.6 is 0 Å². The van der Waals surface area contributed by atoms with Gasteiger partial charge in [-0.3, -0.25) is 0 Å².